The minimum absolute atomic E-state index is 0.103. The number of pyridine rings is 1. The van der Waals surface area contributed by atoms with E-state index in [1.165, 1.54) is 10.8 Å². The van der Waals surface area contributed by atoms with Crippen LogP contribution in [-0.2, 0) is 37.4 Å². The Labute approximate surface area is 201 Å². The normalized spacial score (nSPS) is 21.9. The van der Waals surface area contributed by atoms with Crippen LogP contribution in [0.15, 0.2) is 41.4 Å². The first-order valence-corrected chi connectivity index (χ1v) is 13.2. The molecule has 2 aromatic rings. The number of aromatic nitrogens is 1. The van der Waals surface area contributed by atoms with Crippen molar-refractivity contribution in [2.45, 2.75) is 59.7 Å². The van der Waals surface area contributed by atoms with E-state index in [1.54, 1.807) is 0 Å². The average molecular weight is 565 g/mol. The van der Waals surface area contributed by atoms with Crippen LogP contribution in [-0.4, -0.2) is 38.5 Å². The number of sulfonamides is 1. The number of hydrogen-bond donors (Lipinski definition) is 2. The summed E-state index contributed by atoms with van der Waals surface area (Å²) in [5, 5.41) is 9.44. The molecule has 1 aromatic carbocycles. The van der Waals surface area contributed by atoms with Gasteiger partial charge in [0.05, 0.1) is 11.5 Å². The van der Waals surface area contributed by atoms with E-state index in [2.05, 4.69) is 4.98 Å². The molecule has 36 heavy (non-hydrogen) atoms. The quantitative estimate of drug-likeness (QED) is 0.517. The maximum atomic E-state index is 15.0. The molecule has 1 aliphatic carbocycles. The SMILES string of the molecule is O=S(=O)(N[C@H]1CC[C@@](c2cc(CO)ccc2F)(S(=O)(=O)c2ccc(C(F)(F)F)nc2)CC1)C(F)(F)F. The number of nitrogens with zero attached hydrogens (tertiary/aromatic N) is 1. The first kappa shape index (κ1) is 28.3. The van der Waals surface area contributed by atoms with E-state index in [0.717, 1.165) is 12.1 Å². The van der Waals surface area contributed by atoms with Crippen LogP contribution >= 0.6 is 0 Å². The number of halogens is 7. The number of aliphatic hydroxyl groups is 1. The zero-order valence-corrected chi connectivity index (χ0v) is 19.7. The Kier molecular flexibility index (Phi) is 7.49. The number of rotatable bonds is 6. The van der Waals surface area contributed by atoms with Crippen molar-refractivity contribution in [1.29, 1.82) is 0 Å². The van der Waals surface area contributed by atoms with Crippen LogP contribution in [0.4, 0.5) is 30.7 Å². The van der Waals surface area contributed by atoms with Crippen LogP contribution in [0, 0.1) is 5.82 Å². The van der Waals surface area contributed by atoms with Gasteiger partial charge in [-0.1, -0.05) is 6.07 Å². The Morgan fingerprint density at radius 2 is 1.61 bits per heavy atom. The Bertz CT molecular complexity index is 1320. The van der Waals surface area contributed by atoms with Gasteiger partial charge in [-0.25, -0.2) is 25.9 Å². The van der Waals surface area contributed by atoms with Crippen molar-refractivity contribution in [3.8, 4) is 0 Å². The molecule has 1 heterocycles. The van der Waals surface area contributed by atoms with Gasteiger partial charge >= 0.3 is 21.7 Å². The molecule has 1 saturated carbocycles. The van der Waals surface area contributed by atoms with Gasteiger partial charge in [0.1, 0.15) is 16.3 Å². The number of hydrogen-bond acceptors (Lipinski definition) is 6. The number of sulfone groups is 1. The third-order valence-electron chi connectivity index (χ3n) is 5.98. The molecule has 200 valence electrons. The predicted octanol–water partition coefficient (Wildman–Crippen LogP) is 3.78. The van der Waals surface area contributed by atoms with Crippen molar-refractivity contribution in [3.63, 3.8) is 0 Å². The van der Waals surface area contributed by atoms with Gasteiger partial charge in [-0.2, -0.15) is 26.3 Å². The monoisotopic (exact) mass is 564 g/mol. The fourth-order valence-electron chi connectivity index (χ4n) is 4.12. The van der Waals surface area contributed by atoms with Crippen molar-refractivity contribution in [1.82, 2.24) is 9.71 Å². The van der Waals surface area contributed by atoms with Crippen molar-refractivity contribution in [2.24, 2.45) is 0 Å². The van der Waals surface area contributed by atoms with E-state index in [-0.39, 0.29) is 5.56 Å². The highest BCUT2D eigenvalue weighted by atomic mass is 32.2. The second kappa shape index (κ2) is 9.54. The van der Waals surface area contributed by atoms with E-state index in [4.69, 9.17) is 0 Å². The molecule has 1 aromatic heterocycles. The number of alkyl halides is 6. The molecule has 0 saturated heterocycles. The topological polar surface area (TPSA) is 113 Å². The largest absolute Gasteiger partial charge is 0.511 e. The summed E-state index contributed by atoms with van der Waals surface area (Å²) in [6.45, 7) is -0.612. The molecule has 0 atom stereocenters. The minimum Gasteiger partial charge on any atom is -0.392 e. The summed E-state index contributed by atoms with van der Waals surface area (Å²) in [4.78, 5) is 2.43. The van der Waals surface area contributed by atoms with Gasteiger partial charge in [0.2, 0.25) is 0 Å². The van der Waals surface area contributed by atoms with Gasteiger partial charge in [0.25, 0.3) is 0 Å². The lowest BCUT2D eigenvalue weighted by molar-refractivity contribution is -0.141. The summed E-state index contributed by atoms with van der Waals surface area (Å²) in [5.74, 6) is -1.04. The molecule has 2 N–H and O–H groups in total. The first-order valence-electron chi connectivity index (χ1n) is 10.2. The fraction of sp³-hybridized carbons (Fsp3) is 0.450. The Morgan fingerprint density at radius 3 is 2.08 bits per heavy atom. The van der Waals surface area contributed by atoms with Gasteiger partial charge in [0.15, 0.2) is 9.84 Å². The summed E-state index contributed by atoms with van der Waals surface area (Å²) < 4.78 is 142. The zero-order valence-electron chi connectivity index (χ0n) is 18.1. The van der Waals surface area contributed by atoms with E-state index in [1.807, 2.05) is 0 Å². The molecule has 1 fully saturated rings. The molecule has 16 heteroatoms. The van der Waals surface area contributed by atoms with E-state index >= 15 is 0 Å². The summed E-state index contributed by atoms with van der Waals surface area (Å²) in [7, 11) is -10.5. The van der Waals surface area contributed by atoms with Crippen molar-refractivity contribution in [3.05, 3.63) is 59.2 Å². The molecule has 0 radical (unpaired) electrons. The smallest absolute Gasteiger partial charge is 0.392 e. The van der Waals surface area contributed by atoms with Crippen molar-refractivity contribution >= 4 is 19.9 Å². The minimum atomic E-state index is -5.75. The lowest BCUT2D eigenvalue weighted by Crippen LogP contribution is -2.48. The third kappa shape index (κ3) is 5.21. The summed E-state index contributed by atoms with van der Waals surface area (Å²) in [6.07, 6.45) is -6.50. The maximum absolute atomic E-state index is 15.0. The number of aliphatic hydroxyl groups excluding tert-OH is 1. The van der Waals surface area contributed by atoms with Gasteiger partial charge < -0.3 is 5.11 Å². The van der Waals surface area contributed by atoms with Crippen LogP contribution in [0.1, 0.15) is 42.5 Å². The molecule has 0 aliphatic heterocycles. The van der Waals surface area contributed by atoms with Crippen LogP contribution in [0.3, 0.4) is 0 Å². The van der Waals surface area contributed by atoms with E-state index < -0.39 is 96.6 Å². The van der Waals surface area contributed by atoms with Crippen molar-refractivity contribution < 1.29 is 52.7 Å². The second-order valence-corrected chi connectivity index (χ2v) is 12.2. The van der Waals surface area contributed by atoms with Gasteiger partial charge in [-0.05, 0) is 55.5 Å². The number of benzene rings is 1. The van der Waals surface area contributed by atoms with Gasteiger partial charge in [0, 0.05) is 17.8 Å². The molecule has 0 spiro atoms. The number of nitrogens with one attached hydrogen (secondary N) is 1. The summed E-state index contributed by atoms with van der Waals surface area (Å²) in [5.41, 5.74) is -7.34. The molecule has 7 nitrogen and oxygen atoms in total. The summed E-state index contributed by atoms with van der Waals surface area (Å²) >= 11 is 0. The van der Waals surface area contributed by atoms with Crippen LogP contribution in [0.25, 0.3) is 0 Å². The summed E-state index contributed by atoms with van der Waals surface area (Å²) in [6, 6.07) is 2.81. The highest BCUT2D eigenvalue weighted by Crippen LogP contribution is 2.48. The lowest BCUT2D eigenvalue weighted by atomic mass is 9.80. The molecule has 0 unspecified atom stereocenters. The van der Waals surface area contributed by atoms with E-state index in [0.29, 0.717) is 18.3 Å². The molecule has 0 amide bonds. The maximum Gasteiger partial charge on any atom is 0.511 e. The Hall–Kier alpha value is -2.30. The van der Waals surface area contributed by atoms with Gasteiger partial charge in [-0.15, -0.1) is 0 Å². The molecule has 1 aliphatic rings. The van der Waals surface area contributed by atoms with E-state index in [9.17, 15) is 52.7 Å². The molecule has 0 bridgehead atoms. The first-order chi connectivity index (χ1) is 16.4. The third-order valence-corrected chi connectivity index (χ3v) is 9.75. The Balaban J connectivity index is 2.08. The second-order valence-electron chi connectivity index (χ2n) is 8.19. The highest BCUT2D eigenvalue weighted by molar-refractivity contribution is 7.92. The standard InChI is InChI=1S/C20H19F7N2O5S2/c21-16-3-1-12(11-30)9-15(16)18(7-5-13(6-8-18)29-36(33,34)20(25,26)27)35(31,32)14-2-4-17(28-10-14)19(22,23)24/h1-4,9-10,13,29-30H,5-8,11H2/t13-,18+. The van der Waals surface area contributed by atoms with Gasteiger partial charge in [-0.3, -0.25) is 4.98 Å². The molecular weight excluding hydrogens is 545 g/mol. The molecular formula is C20H19F7N2O5S2. The lowest BCUT2D eigenvalue weighted by Gasteiger charge is -2.40. The average Bonchev–Trinajstić information content (AvgIpc) is 2.78. The predicted molar refractivity (Wildman–Crippen MR) is 111 cm³/mol. The van der Waals surface area contributed by atoms with Crippen molar-refractivity contribution in [2.75, 3.05) is 0 Å². The van der Waals surface area contributed by atoms with Crippen LogP contribution < -0.4 is 4.72 Å². The fourth-order valence-corrected chi connectivity index (χ4v) is 7.04. The van der Waals surface area contributed by atoms with Crippen LogP contribution in [0.5, 0.6) is 0 Å². The zero-order chi connectivity index (χ0) is 27.2. The Morgan fingerprint density at radius 1 is 1.00 bits per heavy atom. The van der Waals surface area contributed by atoms with Crippen LogP contribution in [0.2, 0.25) is 0 Å². The molecule has 3 rings (SSSR count). The highest BCUT2D eigenvalue weighted by Gasteiger charge is 2.52.